The second kappa shape index (κ2) is 11.2. The van der Waals surface area contributed by atoms with Crippen LogP contribution in [0.5, 0.6) is 5.75 Å². The molecule has 12 heteroatoms. The number of benzene rings is 2. The van der Waals surface area contributed by atoms with Gasteiger partial charge < -0.3 is 10.1 Å². The van der Waals surface area contributed by atoms with Gasteiger partial charge in [0, 0.05) is 23.5 Å². The topological polar surface area (TPSA) is 80.3 Å². The molecule has 2 N–H and O–H groups in total. The molecule has 6 nitrogen and oxygen atoms in total. The lowest BCUT2D eigenvalue weighted by Gasteiger charge is -2.34. The third-order valence-electron chi connectivity index (χ3n) is 6.01. The number of nitrogens with one attached hydrogen (secondary N) is 2. The lowest BCUT2D eigenvalue weighted by atomic mass is 9.80. The Morgan fingerprint density at radius 1 is 1.16 bits per heavy atom. The van der Waals surface area contributed by atoms with E-state index < -0.39 is 32.4 Å². The zero-order chi connectivity index (χ0) is 26.6. The molecule has 0 fully saturated rings. The summed E-state index contributed by atoms with van der Waals surface area (Å²) in [7, 11) is -4.29. The molecule has 0 amide bonds. The summed E-state index contributed by atoms with van der Waals surface area (Å²) >= 11 is 1.00. The number of ether oxygens (including phenoxy) is 1. The molecule has 0 saturated carbocycles. The van der Waals surface area contributed by atoms with Gasteiger partial charge in [0.05, 0.1) is 17.1 Å². The molecule has 2 atom stereocenters. The highest BCUT2D eigenvalue weighted by Gasteiger charge is 2.37. The SMILES string of the molecule is CCN[C@@H]1CCC=C(c2ccc(F)cc2)[C@H]1COc1ccc(S(=O)(=O)Nc2nccs2)cc1C(F)(F)F. The Labute approximate surface area is 216 Å². The van der Waals surface area contributed by atoms with Gasteiger partial charge in [0.2, 0.25) is 0 Å². The number of sulfonamides is 1. The van der Waals surface area contributed by atoms with E-state index in [-0.39, 0.29) is 29.5 Å². The van der Waals surface area contributed by atoms with E-state index in [0.717, 1.165) is 47.4 Å². The van der Waals surface area contributed by atoms with Crippen molar-refractivity contribution in [3.8, 4) is 5.75 Å². The van der Waals surface area contributed by atoms with Crippen LogP contribution >= 0.6 is 11.3 Å². The number of allylic oxidation sites excluding steroid dienone is 1. The van der Waals surface area contributed by atoms with Crippen molar-refractivity contribution in [3.63, 3.8) is 0 Å². The summed E-state index contributed by atoms with van der Waals surface area (Å²) in [5.74, 6) is -1.17. The number of hydrogen-bond donors (Lipinski definition) is 2. The molecule has 0 unspecified atom stereocenters. The fraction of sp³-hybridized carbons (Fsp3) is 0.320. The quantitative estimate of drug-likeness (QED) is 0.319. The van der Waals surface area contributed by atoms with Gasteiger partial charge in [0.15, 0.2) is 5.13 Å². The van der Waals surface area contributed by atoms with Crippen molar-refractivity contribution in [2.45, 2.75) is 36.9 Å². The number of nitrogens with zero attached hydrogens (tertiary/aromatic N) is 1. The highest BCUT2D eigenvalue weighted by Crippen LogP contribution is 2.39. The molecule has 1 aromatic heterocycles. The molecule has 37 heavy (non-hydrogen) atoms. The molecule has 198 valence electrons. The Morgan fingerprint density at radius 3 is 2.57 bits per heavy atom. The fourth-order valence-electron chi connectivity index (χ4n) is 4.33. The summed E-state index contributed by atoms with van der Waals surface area (Å²) in [6.07, 6.45) is 0.0395. The Balaban J connectivity index is 1.62. The predicted octanol–water partition coefficient (Wildman–Crippen LogP) is 5.95. The summed E-state index contributed by atoms with van der Waals surface area (Å²) in [4.78, 5) is 3.25. The standard InChI is InChI=1S/C25H25F4N3O3S2/c1-2-30-22-5-3-4-19(16-6-8-17(26)9-7-16)20(22)15-35-23-11-10-18(14-21(23)25(27,28)29)37(33,34)32-24-31-12-13-36-24/h4,6-14,20,22,30H,2-3,5,15H2,1H3,(H,31,32)/t20-,22-/m1/s1. The Bertz CT molecular complexity index is 1340. The molecule has 1 heterocycles. The van der Waals surface area contributed by atoms with E-state index in [9.17, 15) is 26.0 Å². The maximum atomic E-state index is 14.0. The van der Waals surface area contributed by atoms with Crippen LogP contribution in [0.4, 0.5) is 22.7 Å². The molecule has 3 aromatic rings. The second-order valence-electron chi connectivity index (χ2n) is 8.42. The fourth-order valence-corrected chi connectivity index (χ4v) is 6.14. The summed E-state index contributed by atoms with van der Waals surface area (Å²) < 4.78 is 88.6. The molecule has 1 aliphatic carbocycles. The van der Waals surface area contributed by atoms with Crippen LogP contribution in [0.25, 0.3) is 5.57 Å². The minimum Gasteiger partial charge on any atom is -0.492 e. The van der Waals surface area contributed by atoms with E-state index in [1.807, 2.05) is 13.0 Å². The van der Waals surface area contributed by atoms with Crippen LogP contribution < -0.4 is 14.8 Å². The molecular formula is C25H25F4N3O3S2. The minimum atomic E-state index is -4.86. The highest BCUT2D eigenvalue weighted by molar-refractivity contribution is 7.93. The van der Waals surface area contributed by atoms with Crippen molar-refractivity contribution in [2.24, 2.45) is 5.92 Å². The van der Waals surface area contributed by atoms with E-state index in [1.54, 1.807) is 12.1 Å². The van der Waals surface area contributed by atoms with Gasteiger partial charge in [-0.05, 0) is 60.9 Å². The van der Waals surface area contributed by atoms with Gasteiger partial charge in [0.1, 0.15) is 11.6 Å². The molecule has 0 bridgehead atoms. The maximum Gasteiger partial charge on any atom is 0.420 e. The Hall–Kier alpha value is -2.96. The van der Waals surface area contributed by atoms with Gasteiger partial charge in [-0.2, -0.15) is 13.2 Å². The van der Waals surface area contributed by atoms with E-state index in [4.69, 9.17) is 4.74 Å². The summed E-state index contributed by atoms with van der Waals surface area (Å²) in [6, 6.07) is 8.54. The number of hydrogen-bond acceptors (Lipinski definition) is 6. The number of rotatable bonds is 9. The van der Waals surface area contributed by atoms with Gasteiger partial charge >= 0.3 is 6.18 Å². The predicted molar refractivity (Wildman–Crippen MR) is 134 cm³/mol. The zero-order valence-electron chi connectivity index (χ0n) is 19.8. The first-order valence-electron chi connectivity index (χ1n) is 11.5. The first-order valence-corrected chi connectivity index (χ1v) is 13.9. The molecule has 0 spiro atoms. The van der Waals surface area contributed by atoms with Crippen molar-refractivity contribution < 1.29 is 30.7 Å². The summed E-state index contributed by atoms with van der Waals surface area (Å²) in [5, 5.41) is 4.95. The summed E-state index contributed by atoms with van der Waals surface area (Å²) in [6.45, 7) is 2.51. The molecule has 0 saturated heterocycles. The average molecular weight is 556 g/mol. The third-order valence-corrected chi connectivity index (χ3v) is 8.16. The average Bonchev–Trinajstić information content (AvgIpc) is 3.35. The zero-order valence-corrected chi connectivity index (χ0v) is 21.4. The van der Waals surface area contributed by atoms with Crippen LogP contribution in [0.15, 0.2) is 65.0 Å². The second-order valence-corrected chi connectivity index (χ2v) is 11.0. The molecule has 1 aliphatic rings. The number of thiazole rings is 1. The van der Waals surface area contributed by atoms with E-state index in [2.05, 4.69) is 15.0 Å². The van der Waals surface area contributed by atoms with Gasteiger partial charge in [-0.15, -0.1) is 11.3 Å². The van der Waals surface area contributed by atoms with Crippen LogP contribution in [-0.2, 0) is 16.2 Å². The first-order chi connectivity index (χ1) is 17.6. The largest absolute Gasteiger partial charge is 0.492 e. The van der Waals surface area contributed by atoms with Gasteiger partial charge in [-0.25, -0.2) is 17.8 Å². The maximum absolute atomic E-state index is 14.0. The van der Waals surface area contributed by atoms with Crippen LogP contribution in [0.3, 0.4) is 0 Å². The van der Waals surface area contributed by atoms with Crippen molar-refractivity contribution in [1.29, 1.82) is 0 Å². The van der Waals surface area contributed by atoms with Crippen LogP contribution in [0.1, 0.15) is 30.9 Å². The number of anilines is 1. The number of halogens is 4. The highest BCUT2D eigenvalue weighted by atomic mass is 32.2. The van der Waals surface area contributed by atoms with E-state index in [0.29, 0.717) is 12.6 Å². The lowest BCUT2D eigenvalue weighted by Crippen LogP contribution is -2.41. The smallest absolute Gasteiger partial charge is 0.420 e. The van der Waals surface area contributed by atoms with Crippen LogP contribution in [-0.4, -0.2) is 32.6 Å². The Morgan fingerprint density at radius 2 is 1.92 bits per heavy atom. The summed E-state index contributed by atoms with van der Waals surface area (Å²) in [5.41, 5.74) is 0.429. The monoisotopic (exact) mass is 555 g/mol. The normalized spacial score (nSPS) is 18.4. The third kappa shape index (κ3) is 6.49. The first kappa shape index (κ1) is 27.1. The molecule has 4 rings (SSSR count). The number of aromatic nitrogens is 1. The van der Waals surface area contributed by atoms with Crippen molar-refractivity contribution in [3.05, 3.63) is 77.1 Å². The van der Waals surface area contributed by atoms with Crippen LogP contribution in [0, 0.1) is 11.7 Å². The minimum absolute atomic E-state index is 0.0424. The molecule has 0 aliphatic heterocycles. The van der Waals surface area contributed by atoms with E-state index >= 15 is 0 Å². The molecule has 2 aromatic carbocycles. The van der Waals surface area contributed by atoms with Crippen molar-refractivity contribution in [2.75, 3.05) is 17.9 Å². The molecule has 0 radical (unpaired) electrons. The number of alkyl halides is 3. The molecular weight excluding hydrogens is 530 g/mol. The van der Waals surface area contributed by atoms with Crippen molar-refractivity contribution >= 4 is 32.1 Å². The van der Waals surface area contributed by atoms with Crippen molar-refractivity contribution in [1.82, 2.24) is 10.3 Å². The lowest BCUT2D eigenvalue weighted by molar-refractivity contribution is -0.139. The van der Waals surface area contributed by atoms with Crippen LogP contribution in [0.2, 0.25) is 0 Å². The Kier molecular flexibility index (Phi) is 8.20. The van der Waals surface area contributed by atoms with E-state index in [1.165, 1.54) is 23.7 Å². The van der Waals surface area contributed by atoms with Gasteiger partial charge in [0.25, 0.3) is 10.0 Å². The van der Waals surface area contributed by atoms with Gasteiger partial charge in [-0.1, -0.05) is 25.1 Å². The van der Waals surface area contributed by atoms with Gasteiger partial charge in [-0.3, -0.25) is 4.72 Å².